The summed E-state index contributed by atoms with van der Waals surface area (Å²) < 4.78 is 8.36. The molecule has 0 saturated carbocycles. The molecule has 0 aromatic heterocycles. The molecule has 27 heavy (non-hydrogen) atoms. The minimum absolute atomic E-state index is 0.0916. The van der Waals surface area contributed by atoms with Gasteiger partial charge < -0.3 is 10.1 Å². The van der Waals surface area contributed by atoms with Crippen molar-refractivity contribution in [3.8, 4) is 0 Å². The normalized spacial score (nSPS) is 22.7. The van der Waals surface area contributed by atoms with E-state index in [2.05, 4.69) is 16.5 Å². The molecule has 1 aromatic rings. The van der Waals surface area contributed by atoms with Crippen LogP contribution in [-0.2, 0) is 4.74 Å². The molecule has 2 aliphatic heterocycles. The Morgan fingerprint density at radius 1 is 1.37 bits per heavy atom. The third kappa shape index (κ3) is 5.77. The number of piperidine rings is 1. The Balaban J connectivity index is 1.65. The fourth-order valence-corrected chi connectivity index (χ4v) is 5.35. The van der Waals surface area contributed by atoms with Crippen molar-refractivity contribution in [3.05, 3.63) is 33.8 Å². The van der Waals surface area contributed by atoms with Crippen molar-refractivity contribution in [2.75, 3.05) is 32.0 Å². The Hall–Kier alpha value is -0.460. The third-order valence-electron chi connectivity index (χ3n) is 5.58. The average Bonchev–Trinajstić information content (AvgIpc) is 3.15. The van der Waals surface area contributed by atoms with Crippen LogP contribution in [0.5, 0.6) is 0 Å². The lowest BCUT2D eigenvalue weighted by Gasteiger charge is -2.42. The number of carbonyl (C=O) groups excluding carboxylic acids is 1. The van der Waals surface area contributed by atoms with Crippen molar-refractivity contribution in [1.29, 1.82) is 0 Å². The number of carbonyl (C=O) groups is 1. The maximum absolute atomic E-state index is 12.7. The number of ether oxygens (including phenoxy) is 1. The van der Waals surface area contributed by atoms with Crippen molar-refractivity contribution in [2.24, 2.45) is 5.41 Å². The van der Waals surface area contributed by atoms with Gasteiger partial charge in [-0.15, -0.1) is 0 Å². The average molecular weight is 431 g/mol. The summed E-state index contributed by atoms with van der Waals surface area (Å²) in [6.07, 6.45) is 5.78. The van der Waals surface area contributed by atoms with E-state index < -0.39 is 0 Å². The molecule has 4 nitrogen and oxygen atoms in total. The molecule has 2 saturated heterocycles. The summed E-state index contributed by atoms with van der Waals surface area (Å²) in [5.41, 5.74) is 0.571. The zero-order valence-electron chi connectivity index (χ0n) is 15.8. The Bertz CT molecular complexity index is 645. The molecule has 1 aromatic carbocycles. The first-order valence-corrected chi connectivity index (χ1v) is 11.4. The Labute approximate surface area is 176 Å². The molecular formula is C20H28Cl2N2O2S. The van der Waals surface area contributed by atoms with E-state index in [0.29, 0.717) is 28.3 Å². The summed E-state index contributed by atoms with van der Waals surface area (Å²) in [7, 11) is 0. The van der Waals surface area contributed by atoms with Gasteiger partial charge in [-0.3, -0.25) is 9.10 Å². The van der Waals surface area contributed by atoms with E-state index in [-0.39, 0.29) is 11.3 Å². The van der Waals surface area contributed by atoms with Crippen LogP contribution in [0.2, 0.25) is 10.0 Å². The number of nitrogens with zero attached hydrogens (tertiary/aromatic N) is 1. The second-order valence-corrected chi connectivity index (χ2v) is 9.69. The number of rotatable bonds is 7. The van der Waals surface area contributed by atoms with Gasteiger partial charge in [0, 0.05) is 37.0 Å². The van der Waals surface area contributed by atoms with Gasteiger partial charge in [0.05, 0.1) is 16.7 Å². The molecule has 2 fully saturated rings. The van der Waals surface area contributed by atoms with Crippen LogP contribution in [0.4, 0.5) is 0 Å². The molecule has 1 amide bonds. The third-order valence-corrected chi connectivity index (χ3v) is 7.12. The van der Waals surface area contributed by atoms with Crippen LogP contribution in [0.15, 0.2) is 18.2 Å². The van der Waals surface area contributed by atoms with Crippen molar-refractivity contribution < 1.29 is 9.53 Å². The predicted octanol–water partition coefficient (Wildman–Crippen LogP) is 5.04. The number of nitrogens with one attached hydrogen (secondary N) is 1. The quantitative estimate of drug-likeness (QED) is 0.614. The number of hydrogen-bond acceptors (Lipinski definition) is 4. The van der Waals surface area contributed by atoms with Gasteiger partial charge in [-0.2, -0.15) is 0 Å². The lowest BCUT2D eigenvalue weighted by Crippen LogP contribution is -2.46. The van der Waals surface area contributed by atoms with Crippen LogP contribution in [-0.4, -0.2) is 48.3 Å². The molecule has 1 atom stereocenters. The number of amides is 1. The van der Waals surface area contributed by atoms with Crippen LogP contribution in [0.1, 0.15) is 49.4 Å². The monoisotopic (exact) mass is 430 g/mol. The van der Waals surface area contributed by atoms with Gasteiger partial charge in [0.25, 0.3) is 5.91 Å². The molecule has 0 aliphatic carbocycles. The smallest absolute Gasteiger partial charge is 0.252 e. The second kappa shape index (κ2) is 9.84. The van der Waals surface area contributed by atoms with Gasteiger partial charge in [-0.05, 0) is 55.7 Å². The highest BCUT2D eigenvalue weighted by atomic mass is 35.5. The first kappa shape index (κ1) is 21.3. The standard InChI is InChI=1S/C20H28Cl2N2O2S/c1-2-27-24-9-7-20(8-10-24,13-16-4-3-11-26-16)14-23-19(25)17-6-5-15(21)12-18(17)22/h5-6,12,16H,2-4,7-11,13-14H2,1H3,(H,23,25). The molecule has 7 heteroatoms. The number of hydrogen-bond donors (Lipinski definition) is 1. The summed E-state index contributed by atoms with van der Waals surface area (Å²) in [4.78, 5) is 12.7. The van der Waals surface area contributed by atoms with E-state index >= 15 is 0 Å². The topological polar surface area (TPSA) is 41.6 Å². The zero-order valence-corrected chi connectivity index (χ0v) is 18.1. The lowest BCUT2D eigenvalue weighted by molar-refractivity contribution is 0.0372. The molecule has 3 rings (SSSR count). The van der Waals surface area contributed by atoms with E-state index in [0.717, 1.165) is 57.6 Å². The largest absolute Gasteiger partial charge is 0.378 e. The number of benzene rings is 1. The fourth-order valence-electron chi connectivity index (χ4n) is 4.05. The highest BCUT2D eigenvalue weighted by molar-refractivity contribution is 7.96. The molecule has 0 spiro atoms. The van der Waals surface area contributed by atoms with Crippen molar-refractivity contribution in [3.63, 3.8) is 0 Å². The van der Waals surface area contributed by atoms with Gasteiger partial charge >= 0.3 is 0 Å². The van der Waals surface area contributed by atoms with Gasteiger partial charge in [0.2, 0.25) is 0 Å². The van der Waals surface area contributed by atoms with Crippen LogP contribution < -0.4 is 5.32 Å². The molecule has 2 heterocycles. The Morgan fingerprint density at radius 2 is 2.15 bits per heavy atom. The van der Waals surface area contributed by atoms with Crippen LogP contribution >= 0.6 is 35.1 Å². The second-order valence-electron chi connectivity index (χ2n) is 7.49. The highest BCUT2D eigenvalue weighted by Gasteiger charge is 2.38. The van der Waals surface area contributed by atoms with Crippen LogP contribution in [0.3, 0.4) is 0 Å². The van der Waals surface area contributed by atoms with Gasteiger partial charge in [-0.25, -0.2) is 0 Å². The molecular weight excluding hydrogens is 403 g/mol. The van der Waals surface area contributed by atoms with Crippen LogP contribution in [0, 0.1) is 5.41 Å². The lowest BCUT2D eigenvalue weighted by atomic mass is 9.74. The molecule has 2 aliphatic rings. The van der Waals surface area contributed by atoms with Gasteiger partial charge in [0.1, 0.15) is 0 Å². The molecule has 0 radical (unpaired) electrons. The van der Waals surface area contributed by atoms with E-state index in [1.54, 1.807) is 18.2 Å². The van der Waals surface area contributed by atoms with Crippen molar-refractivity contribution in [2.45, 2.75) is 45.1 Å². The Morgan fingerprint density at radius 3 is 2.78 bits per heavy atom. The maximum atomic E-state index is 12.7. The summed E-state index contributed by atoms with van der Waals surface area (Å²) in [5.74, 6) is 0.971. The van der Waals surface area contributed by atoms with Crippen molar-refractivity contribution >= 4 is 41.1 Å². The van der Waals surface area contributed by atoms with Gasteiger partial charge in [-0.1, -0.05) is 42.1 Å². The van der Waals surface area contributed by atoms with Crippen LogP contribution in [0.25, 0.3) is 0 Å². The SMILES string of the molecule is CCSN1CCC(CNC(=O)c2ccc(Cl)cc2Cl)(CC2CCCO2)CC1. The predicted molar refractivity (Wildman–Crippen MR) is 114 cm³/mol. The summed E-state index contributed by atoms with van der Waals surface area (Å²) in [6.45, 7) is 5.83. The molecule has 1 N–H and O–H groups in total. The van der Waals surface area contributed by atoms with E-state index in [1.165, 1.54) is 0 Å². The fraction of sp³-hybridized carbons (Fsp3) is 0.650. The number of halogens is 2. The zero-order chi connectivity index (χ0) is 19.3. The highest BCUT2D eigenvalue weighted by Crippen LogP contribution is 2.39. The summed E-state index contributed by atoms with van der Waals surface area (Å²) in [5, 5.41) is 4.07. The van der Waals surface area contributed by atoms with Gasteiger partial charge in [0.15, 0.2) is 0 Å². The molecule has 150 valence electrons. The van der Waals surface area contributed by atoms with E-state index in [4.69, 9.17) is 27.9 Å². The first-order valence-electron chi connectivity index (χ1n) is 9.74. The summed E-state index contributed by atoms with van der Waals surface area (Å²) >= 11 is 14.0. The molecule has 1 unspecified atom stereocenters. The molecule has 0 bridgehead atoms. The van der Waals surface area contributed by atoms with Crippen molar-refractivity contribution in [1.82, 2.24) is 9.62 Å². The van der Waals surface area contributed by atoms with E-state index in [1.807, 2.05) is 11.9 Å². The summed E-state index contributed by atoms with van der Waals surface area (Å²) in [6, 6.07) is 5.00. The van der Waals surface area contributed by atoms with E-state index in [9.17, 15) is 4.79 Å². The maximum Gasteiger partial charge on any atom is 0.252 e. The minimum Gasteiger partial charge on any atom is -0.378 e. The minimum atomic E-state index is -0.131. The first-order chi connectivity index (χ1) is 13.0. The Kier molecular flexibility index (Phi) is 7.74.